The van der Waals surface area contributed by atoms with Crippen molar-refractivity contribution in [3.63, 3.8) is 0 Å². The molecule has 3 atom stereocenters. The van der Waals surface area contributed by atoms with Crippen LogP contribution in [0, 0.1) is 11.8 Å². The molecule has 2 heterocycles. The molecule has 27 heavy (non-hydrogen) atoms. The van der Waals surface area contributed by atoms with Crippen molar-refractivity contribution in [1.29, 1.82) is 0 Å². The van der Waals surface area contributed by atoms with Crippen LogP contribution in [0.25, 0.3) is 11.0 Å². The fourth-order valence-corrected chi connectivity index (χ4v) is 4.64. The topological polar surface area (TPSA) is 70.8 Å². The highest BCUT2D eigenvalue weighted by atomic mass is 15.2. The molecule has 2 unspecified atom stereocenters. The van der Waals surface area contributed by atoms with Crippen molar-refractivity contribution in [1.82, 2.24) is 19.9 Å². The van der Waals surface area contributed by atoms with E-state index in [1.165, 1.54) is 30.5 Å². The maximum Gasteiger partial charge on any atom is 0.121 e. The van der Waals surface area contributed by atoms with Gasteiger partial charge in [0.25, 0.3) is 0 Å². The number of nitrogens with one attached hydrogen (secondary N) is 1. The second-order valence-corrected chi connectivity index (χ2v) is 8.08. The predicted octanol–water partition coefficient (Wildman–Crippen LogP) is 3.43. The minimum atomic E-state index is 0.377. The van der Waals surface area contributed by atoms with Crippen LogP contribution in [-0.4, -0.2) is 32.9 Å². The first-order valence-electron chi connectivity index (χ1n) is 10.1. The van der Waals surface area contributed by atoms with Gasteiger partial charge in [-0.25, -0.2) is 4.98 Å². The average Bonchev–Trinajstić information content (AvgIpc) is 3.34. The molecule has 5 heteroatoms. The number of pyridine rings is 1. The molecule has 3 N–H and O–H groups in total. The number of hydrogen-bond donors (Lipinski definition) is 2. The number of rotatable bonds is 6. The molecular formula is C22H27N5. The lowest BCUT2D eigenvalue weighted by Gasteiger charge is -2.34. The number of nitrogens with zero attached hydrogens (tertiary/aromatic N) is 3. The molecule has 5 nitrogen and oxygen atoms in total. The maximum absolute atomic E-state index is 5.91. The SMILES string of the molecule is NCC1CC1CN(Cc1nc2ccccc2[nH]1)[C@H]1CCCc2cccnc21. The summed E-state index contributed by atoms with van der Waals surface area (Å²) in [4.78, 5) is 15.7. The van der Waals surface area contributed by atoms with Crippen LogP contribution in [0.4, 0.5) is 0 Å². The van der Waals surface area contributed by atoms with Crippen LogP contribution in [0.5, 0.6) is 0 Å². The van der Waals surface area contributed by atoms with E-state index >= 15 is 0 Å². The van der Waals surface area contributed by atoms with Gasteiger partial charge in [-0.2, -0.15) is 0 Å². The lowest BCUT2D eigenvalue weighted by molar-refractivity contribution is 0.152. The van der Waals surface area contributed by atoms with Crippen molar-refractivity contribution in [3.8, 4) is 0 Å². The van der Waals surface area contributed by atoms with Gasteiger partial charge < -0.3 is 10.7 Å². The normalized spacial score (nSPS) is 24.3. The molecule has 5 rings (SSSR count). The van der Waals surface area contributed by atoms with Gasteiger partial charge >= 0.3 is 0 Å². The van der Waals surface area contributed by atoms with Gasteiger partial charge in [-0.05, 0) is 67.8 Å². The zero-order valence-electron chi connectivity index (χ0n) is 15.6. The van der Waals surface area contributed by atoms with Crippen molar-refractivity contribution in [2.45, 2.75) is 38.3 Å². The van der Waals surface area contributed by atoms with E-state index in [4.69, 9.17) is 15.7 Å². The van der Waals surface area contributed by atoms with Crippen molar-refractivity contribution in [2.24, 2.45) is 17.6 Å². The van der Waals surface area contributed by atoms with Gasteiger partial charge in [0, 0.05) is 12.7 Å². The van der Waals surface area contributed by atoms with Crippen molar-refractivity contribution in [3.05, 3.63) is 59.7 Å². The lowest BCUT2D eigenvalue weighted by atomic mass is 9.90. The molecule has 1 aromatic carbocycles. The first kappa shape index (κ1) is 16.9. The molecule has 0 amide bonds. The summed E-state index contributed by atoms with van der Waals surface area (Å²) in [6, 6.07) is 13.0. The highest BCUT2D eigenvalue weighted by Gasteiger charge is 2.39. The lowest BCUT2D eigenvalue weighted by Crippen LogP contribution is -2.34. The first-order valence-corrected chi connectivity index (χ1v) is 10.1. The molecular weight excluding hydrogens is 334 g/mol. The monoisotopic (exact) mass is 361 g/mol. The van der Waals surface area contributed by atoms with Crippen LogP contribution in [0.1, 0.15) is 42.4 Å². The van der Waals surface area contributed by atoms with Gasteiger partial charge in [0.05, 0.1) is 29.3 Å². The van der Waals surface area contributed by atoms with Crippen LogP contribution in [0.15, 0.2) is 42.6 Å². The number of fused-ring (bicyclic) bond motifs is 2. The summed E-state index contributed by atoms with van der Waals surface area (Å²) in [6.07, 6.45) is 6.74. The molecule has 0 bridgehead atoms. The molecule has 3 aromatic rings. The number of nitrogens with two attached hydrogens (primary N) is 1. The Balaban J connectivity index is 1.44. The summed E-state index contributed by atoms with van der Waals surface area (Å²) in [7, 11) is 0. The molecule has 0 saturated heterocycles. The highest BCUT2D eigenvalue weighted by molar-refractivity contribution is 5.74. The second-order valence-electron chi connectivity index (χ2n) is 8.08. The molecule has 1 fully saturated rings. The number of H-pyrrole nitrogens is 1. The fraction of sp³-hybridized carbons (Fsp3) is 0.455. The third-order valence-electron chi connectivity index (χ3n) is 6.24. The number of aryl methyl sites for hydroxylation is 1. The second kappa shape index (κ2) is 7.06. The van der Waals surface area contributed by atoms with Gasteiger partial charge in [-0.15, -0.1) is 0 Å². The number of hydrogen-bond acceptors (Lipinski definition) is 4. The molecule has 1 saturated carbocycles. The molecule has 140 valence electrons. The number of para-hydroxylation sites is 2. The van der Waals surface area contributed by atoms with E-state index in [0.29, 0.717) is 17.9 Å². The standard InChI is InChI=1S/C22H27N5/c23-12-16-11-17(16)13-27(14-21-25-18-7-1-2-8-19(18)26-21)20-9-3-5-15-6-4-10-24-22(15)20/h1-2,4,6-8,10,16-17,20H,3,5,9,11-14,23H2,(H,25,26)/t16?,17?,20-/m0/s1. The quantitative estimate of drug-likeness (QED) is 0.706. The molecule has 0 spiro atoms. The maximum atomic E-state index is 5.91. The Morgan fingerprint density at radius 3 is 2.93 bits per heavy atom. The van der Waals surface area contributed by atoms with E-state index in [9.17, 15) is 0 Å². The molecule has 0 aliphatic heterocycles. The minimum absolute atomic E-state index is 0.377. The highest BCUT2D eigenvalue weighted by Crippen LogP contribution is 2.41. The zero-order valence-corrected chi connectivity index (χ0v) is 15.6. The van der Waals surface area contributed by atoms with Crippen LogP contribution >= 0.6 is 0 Å². The van der Waals surface area contributed by atoms with Crippen molar-refractivity contribution < 1.29 is 0 Å². The molecule has 2 aromatic heterocycles. The van der Waals surface area contributed by atoms with Crippen molar-refractivity contribution >= 4 is 11.0 Å². The van der Waals surface area contributed by atoms with Gasteiger partial charge in [0.2, 0.25) is 0 Å². The Bertz CT molecular complexity index is 900. The first-order chi connectivity index (χ1) is 13.3. The average molecular weight is 361 g/mol. The molecule has 2 aliphatic carbocycles. The summed E-state index contributed by atoms with van der Waals surface area (Å²) < 4.78 is 0. The van der Waals surface area contributed by atoms with Gasteiger partial charge in [-0.3, -0.25) is 9.88 Å². The van der Waals surface area contributed by atoms with Crippen LogP contribution in [-0.2, 0) is 13.0 Å². The summed E-state index contributed by atoms with van der Waals surface area (Å²) in [6.45, 7) is 2.73. The van der Waals surface area contributed by atoms with Crippen LogP contribution < -0.4 is 5.73 Å². The Morgan fingerprint density at radius 1 is 1.15 bits per heavy atom. The van der Waals surface area contributed by atoms with Gasteiger partial charge in [0.1, 0.15) is 5.82 Å². The number of imidazole rings is 1. The fourth-order valence-electron chi connectivity index (χ4n) is 4.64. The van der Waals surface area contributed by atoms with E-state index in [1.807, 2.05) is 12.3 Å². The summed E-state index contributed by atoms with van der Waals surface area (Å²) in [5.41, 5.74) is 10.7. The smallest absolute Gasteiger partial charge is 0.121 e. The summed E-state index contributed by atoms with van der Waals surface area (Å²) in [5, 5.41) is 0. The third kappa shape index (κ3) is 3.37. The number of aromatic nitrogens is 3. The Hall–Kier alpha value is -2.24. The Morgan fingerprint density at radius 2 is 2.07 bits per heavy atom. The molecule has 2 aliphatic rings. The predicted molar refractivity (Wildman–Crippen MR) is 107 cm³/mol. The largest absolute Gasteiger partial charge is 0.341 e. The summed E-state index contributed by atoms with van der Waals surface area (Å²) in [5.74, 6) is 2.45. The van der Waals surface area contributed by atoms with Crippen LogP contribution in [0.3, 0.4) is 0 Å². The number of aromatic amines is 1. The zero-order chi connectivity index (χ0) is 18.2. The van der Waals surface area contributed by atoms with E-state index in [1.54, 1.807) is 0 Å². The minimum Gasteiger partial charge on any atom is -0.341 e. The van der Waals surface area contributed by atoms with E-state index in [2.05, 4.69) is 40.2 Å². The van der Waals surface area contributed by atoms with Gasteiger partial charge in [0.15, 0.2) is 0 Å². The van der Waals surface area contributed by atoms with Gasteiger partial charge in [-0.1, -0.05) is 18.2 Å². The van der Waals surface area contributed by atoms with Crippen LogP contribution in [0.2, 0.25) is 0 Å². The van der Waals surface area contributed by atoms with Crippen molar-refractivity contribution in [2.75, 3.05) is 13.1 Å². The number of benzene rings is 1. The van der Waals surface area contributed by atoms with E-state index in [-0.39, 0.29) is 0 Å². The Labute approximate surface area is 160 Å². The Kier molecular flexibility index (Phi) is 4.42. The summed E-state index contributed by atoms with van der Waals surface area (Å²) >= 11 is 0. The van der Waals surface area contributed by atoms with E-state index in [0.717, 1.165) is 42.9 Å². The third-order valence-corrected chi connectivity index (χ3v) is 6.24. The van der Waals surface area contributed by atoms with E-state index < -0.39 is 0 Å². The molecule has 0 radical (unpaired) electrons.